The van der Waals surface area contributed by atoms with Gasteiger partial charge in [-0.1, -0.05) is 42.5 Å². The Morgan fingerprint density at radius 1 is 1.07 bits per heavy atom. The van der Waals surface area contributed by atoms with E-state index in [1.54, 1.807) is 0 Å². The highest BCUT2D eigenvalue weighted by Crippen LogP contribution is 2.15. The van der Waals surface area contributed by atoms with E-state index in [0.717, 1.165) is 10.9 Å². The summed E-state index contributed by atoms with van der Waals surface area (Å²) in [6.45, 7) is -0.00165. The summed E-state index contributed by atoms with van der Waals surface area (Å²) in [7, 11) is 0. The van der Waals surface area contributed by atoms with E-state index in [0.29, 0.717) is 6.42 Å². The maximum Gasteiger partial charge on any atom is 0.207 e. The first-order valence-electron chi connectivity index (χ1n) is 4.85. The molecule has 0 spiro atoms. The lowest BCUT2D eigenvalue weighted by Crippen LogP contribution is -2.03. The van der Waals surface area contributed by atoms with Gasteiger partial charge in [0.15, 0.2) is 0 Å². The van der Waals surface area contributed by atoms with Crippen LogP contribution in [0.1, 0.15) is 5.56 Å². The maximum absolute atomic E-state index is 10.2. The van der Waals surface area contributed by atoms with Crippen molar-refractivity contribution in [2.45, 2.75) is 6.42 Å². The van der Waals surface area contributed by atoms with Gasteiger partial charge in [-0.2, -0.15) is 0 Å². The minimum absolute atomic E-state index is 0.00165. The van der Waals surface area contributed by atoms with E-state index in [4.69, 9.17) is 0 Å². The summed E-state index contributed by atoms with van der Waals surface area (Å²) in [4.78, 5) is 9.96. The molecule has 0 aliphatic carbocycles. The third kappa shape index (κ3) is 2.31. The van der Waals surface area contributed by atoms with E-state index in [1.807, 2.05) is 42.5 Å². The summed E-state index contributed by atoms with van der Waals surface area (Å²) >= 11 is 0. The van der Waals surface area contributed by atoms with Crippen molar-refractivity contribution in [1.29, 1.82) is 0 Å². The van der Waals surface area contributed by atoms with Gasteiger partial charge in [0.2, 0.25) is 6.54 Å². The minimum Gasteiger partial charge on any atom is -0.265 e. The Kier molecular flexibility index (Phi) is 2.63. The molecule has 0 heterocycles. The quantitative estimate of drug-likeness (QED) is 0.566. The molecule has 76 valence electrons. The van der Waals surface area contributed by atoms with E-state index >= 15 is 0 Å². The average Bonchev–Trinajstić information content (AvgIpc) is 2.26. The molecule has 0 aliphatic heterocycles. The zero-order chi connectivity index (χ0) is 10.7. The van der Waals surface area contributed by atoms with Crippen LogP contribution in [0.15, 0.2) is 42.5 Å². The number of hydrogen-bond donors (Lipinski definition) is 0. The largest absolute Gasteiger partial charge is 0.265 e. The predicted molar refractivity (Wildman–Crippen MR) is 59.5 cm³/mol. The molecule has 0 radical (unpaired) electrons. The van der Waals surface area contributed by atoms with Crippen molar-refractivity contribution in [2.75, 3.05) is 6.54 Å². The molecule has 0 saturated carbocycles. The lowest BCUT2D eigenvalue weighted by atomic mass is 10.1. The third-order valence-electron chi connectivity index (χ3n) is 2.40. The minimum atomic E-state index is -0.283. The first-order chi connectivity index (χ1) is 7.25. The molecule has 0 N–H and O–H groups in total. The summed E-state index contributed by atoms with van der Waals surface area (Å²) in [5.41, 5.74) is 1.02. The molecule has 0 saturated heterocycles. The molecular formula is C12H11NO2. The molecule has 0 unspecified atom stereocenters. The van der Waals surface area contributed by atoms with Crippen LogP contribution in [0.3, 0.4) is 0 Å². The normalized spacial score (nSPS) is 10.4. The molecule has 0 atom stereocenters. The highest BCUT2D eigenvalue weighted by atomic mass is 16.6. The van der Waals surface area contributed by atoms with Crippen molar-refractivity contribution in [1.82, 2.24) is 0 Å². The summed E-state index contributed by atoms with van der Waals surface area (Å²) in [6.07, 6.45) is 0.498. The van der Waals surface area contributed by atoms with E-state index < -0.39 is 0 Å². The van der Waals surface area contributed by atoms with Gasteiger partial charge in [0.1, 0.15) is 0 Å². The van der Waals surface area contributed by atoms with Crippen LogP contribution in [-0.4, -0.2) is 11.5 Å². The Morgan fingerprint density at radius 3 is 2.53 bits per heavy atom. The number of benzene rings is 2. The van der Waals surface area contributed by atoms with Crippen LogP contribution in [0.5, 0.6) is 0 Å². The van der Waals surface area contributed by atoms with Gasteiger partial charge in [0, 0.05) is 11.3 Å². The number of nitro groups is 1. The molecule has 0 fully saturated rings. The van der Waals surface area contributed by atoms with E-state index in [2.05, 4.69) is 0 Å². The second-order valence-electron chi connectivity index (χ2n) is 3.49. The van der Waals surface area contributed by atoms with E-state index in [9.17, 15) is 10.1 Å². The molecule has 2 rings (SSSR count). The van der Waals surface area contributed by atoms with Crippen LogP contribution >= 0.6 is 0 Å². The Balaban J connectivity index is 2.26. The van der Waals surface area contributed by atoms with Crippen molar-refractivity contribution >= 4 is 10.8 Å². The van der Waals surface area contributed by atoms with Gasteiger partial charge in [-0.3, -0.25) is 10.1 Å². The molecule has 0 amide bonds. The van der Waals surface area contributed by atoms with Gasteiger partial charge in [-0.05, 0) is 16.3 Å². The molecule has 0 bridgehead atoms. The van der Waals surface area contributed by atoms with E-state index in [1.165, 1.54) is 5.39 Å². The van der Waals surface area contributed by atoms with Crippen molar-refractivity contribution in [3.8, 4) is 0 Å². The number of rotatable bonds is 3. The van der Waals surface area contributed by atoms with Gasteiger partial charge in [-0.15, -0.1) is 0 Å². The lowest BCUT2D eigenvalue weighted by Gasteiger charge is -2.00. The molecule has 0 aromatic heterocycles. The van der Waals surface area contributed by atoms with Gasteiger partial charge in [-0.25, -0.2) is 0 Å². The van der Waals surface area contributed by atoms with Crippen LogP contribution in [0, 0.1) is 10.1 Å². The topological polar surface area (TPSA) is 43.1 Å². The van der Waals surface area contributed by atoms with Crippen LogP contribution in [0.25, 0.3) is 10.8 Å². The fourth-order valence-corrected chi connectivity index (χ4v) is 1.61. The SMILES string of the molecule is O=[N+]([O-])CCc1ccc2ccccc2c1. The summed E-state index contributed by atoms with van der Waals surface area (Å²) in [5.74, 6) is 0. The third-order valence-corrected chi connectivity index (χ3v) is 2.40. The van der Waals surface area contributed by atoms with Crippen molar-refractivity contribution in [3.63, 3.8) is 0 Å². The summed E-state index contributed by atoms with van der Waals surface area (Å²) < 4.78 is 0. The van der Waals surface area contributed by atoms with Crippen LogP contribution in [-0.2, 0) is 6.42 Å². The molecule has 0 aliphatic rings. The fourth-order valence-electron chi connectivity index (χ4n) is 1.61. The number of hydrogen-bond acceptors (Lipinski definition) is 2. The first-order valence-corrected chi connectivity index (χ1v) is 4.85. The Hall–Kier alpha value is -1.90. The number of fused-ring (bicyclic) bond motifs is 1. The molecule has 2 aromatic carbocycles. The Morgan fingerprint density at radius 2 is 1.80 bits per heavy atom. The summed E-state index contributed by atoms with van der Waals surface area (Å²) in [6, 6.07) is 14.0. The van der Waals surface area contributed by atoms with Crippen molar-refractivity contribution in [2.24, 2.45) is 0 Å². The first kappa shape index (κ1) is 9.65. The highest BCUT2D eigenvalue weighted by molar-refractivity contribution is 5.82. The predicted octanol–water partition coefficient (Wildman–Crippen LogP) is 2.66. The molecule has 3 heteroatoms. The number of nitrogens with zero attached hydrogens (tertiary/aromatic N) is 1. The zero-order valence-electron chi connectivity index (χ0n) is 8.22. The molecular weight excluding hydrogens is 190 g/mol. The van der Waals surface area contributed by atoms with Gasteiger partial charge in [0.05, 0.1) is 0 Å². The van der Waals surface area contributed by atoms with Crippen LogP contribution < -0.4 is 0 Å². The standard InChI is InChI=1S/C12H11NO2/c14-13(15)8-7-10-5-6-11-3-1-2-4-12(11)9-10/h1-6,9H,7-8H2. The maximum atomic E-state index is 10.2. The fraction of sp³-hybridized carbons (Fsp3) is 0.167. The Labute approximate surface area is 87.5 Å². The van der Waals surface area contributed by atoms with Gasteiger partial charge in [0.25, 0.3) is 0 Å². The van der Waals surface area contributed by atoms with Crippen molar-refractivity contribution in [3.05, 3.63) is 58.1 Å². The van der Waals surface area contributed by atoms with Gasteiger partial charge >= 0.3 is 0 Å². The van der Waals surface area contributed by atoms with Gasteiger partial charge < -0.3 is 0 Å². The Bertz CT molecular complexity index is 494. The molecule has 2 aromatic rings. The van der Waals surface area contributed by atoms with Crippen LogP contribution in [0.2, 0.25) is 0 Å². The second-order valence-corrected chi connectivity index (χ2v) is 3.49. The molecule has 3 nitrogen and oxygen atoms in total. The average molecular weight is 201 g/mol. The zero-order valence-corrected chi connectivity index (χ0v) is 8.22. The van der Waals surface area contributed by atoms with E-state index in [-0.39, 0.29) is 11.5 Å². The van der Waals surface area contributed by atoms with Crippen molar-refractivity contribution < 1.29 is 4.92 Å². The smallest absolute Gasteiger partial charge is 0.207 e. The lowest BCUT2D eigenvalue weighted by molar-refractivity contribution is -0.479. The monoisotopic (exact) mass is 201 g/mol. The second kappa shape index (κ2) is 4.09. The van der Waals surface area contributed by atoms with Crippen LogP contribution in [0.4, 0.5) is 0 Å². The highest BCUT2D eigenvalue weighted by Gasteiger charge is 2.00. The molecule has 15 heavy (non-hydrogen) atoms. The summed E-state index contributed by atoms with van der Waals surface area (Å²) in [5, 5.41) is 12.5.